The lowest BCUT2D eigenvalue weighted by atomic mass is 10.00. The number of benzene rings is 2. The third-order valence-electron chi connectivity index (χ3n) is 4.03. The van der Waals surface area contributed by atoms with Crippen LogP contribution >= 0.6 is 0 Å². The van der Waals surface area contributed by atoms with E-state index >= 15 is 0 Å². The van der Waals surface area contributed by atoms with Crippen LogP contribution in [0, 0.1) is 0 Å². The fraction of sp³-hybridized carbons (Fsp3) is 0.238. The molecule has 0 fully saturated rings. The number of hydrogen-bond donors (Lipinski definition) is 0. The number of rotatable bonds is 7. The van der Waals surface area contributed by atoms with Gasteiger partial charge in [0.15, 0.2) is 5.78 Å². The van der Waals surface area contributed by atoms with Gasteiger partial charge in [0.05, 0.1) is 12.1 Å². The summed E-state index contributed by atoms with van der Waals surface area (Å²) in [6.45, 7) is 2.89. The summed E-state index contributed by atoms with van der Waals surface area (Å²) in [5.41, 5.74) is 2.17. The SMILES string of the molecule is CCCCCOc1ccc(C(=O)c2ccnc3ccccc23)cc1. The van der Waals surface area contributed by atoms with Gasteiger partial charge in [-0.3, -0.25) is 9.78 Å². The van der Waals surface area contributed by atoms with Crippen LogP contribution < -0.4 is 4.74 Å². The molecule has 3 nitrogen and oxygen atoms in total. The average Bonchev–Trinajstić information content (AvgIpc) is 2.65. The molecule has 0 aliphatic heterocycles. The van der Waals surface area contributed by atoms with E-state index in [0.717, 1.165) is 29.7 Å². The molecule has 0 atom stereocenters. The van der Waals surface area contributed by atoms with Crippen LogP contribution in [0.2, 0.25) is 0 Å². The van der Waals surface area contributed by atoms with Gasteiger partial charge in [-0.1, -0.05) is 38.0 Å². The van der Waals surface area contributed by atoms with E-state index in [2.05, 4.69) is 11.9 Å². The molecular formula is C21H21NO2. The molecule has 3 aromatic rings. The number of ether oxygens (including phenoxy) is 1. The smallest absolute Gasteiger partial charge is 0.193 e. The Hall–Kier alpha value is -2.68. The first kappa shape index (κ1) is 16.2. The molecule has 0 spiro atoms. The van der Waals surface area contributed by atoms with Gasteiger partial charge in [-0.15, -0.1) is 0 Å². The van der Waals surface area contributed by atoms with Gasteiger partial charge in [0.1, 0.15) is 5.75 Å². The Kier molecular flexibility index (Phi) is 5.22. The molecule has 1 heterocycles. The zero-order valence-corrected chi connectivity index (χ0v) is 13.9. The summed E-state index contributed by atoms with van der Waals surface area (Å²) in [4.78, 5) is 17.1. The summed E-state index contributed by atoms with van der Waals surface area (Å²) < 4.78 is 5.70. The van der Waals surface area contributed by atoms with Crippen molar-refractivity contribution in [2.24, 2.45) is 0 Å². The Bertz CT molecular complexity index is 819. The number of pyridine rings is 1. The van der Waals surface area contributed by atoms with Crippen LogP contribution in [0.25, 0.3) is 10.9 Å². The predicted octanol–water partition coefficient (Wildman–Crippen LogP) is 5.03. The Labute approximate surface area is 142 Å². The second-order valence-electron chi connectivity index (χ2n) is 5.78. The van der Waals surface area contributed by atoms with Crippen molar-refractivity contribution in [1.82, 2.24) is 4.98 Å². The van der Waals surface area contributed by atoms with Gasteiger partial charge in [-0.05, 0) is 42.8 Å². The highest BCUT2D eigenvalue weighted by molar-refractivity contribution is 6.15. The number of carbonyl (C=O) groups is 1. The van der Waals surface area contributed by atoms with E-state index in [0.29, 0.717) is 11.1 Å². The molecule has 0 aliphatic rings. The predicted molar refractivity (Wildman–Crippen MR) is 96.6 cm³/mol. The van der Waals surface area contributed by atoms with E-state index in [1.807, 2.05) is 48.5 Å². The number of nitrogens with zero attached hydrogens (tertiary/aromatic N) is 1. The van der Waals surface area contributed by atoms with Crippen molar-refractivity contribution in [1.29, 1.82) is 0 Å². The zero-order chi connectivity index (χ0) is 16.8. The number of unbranched alkanes of at least 4 members (excludes halogenated alkanes) is 2. The average molecular weight is 319 g/mol. The lowest BCUT2D eigenvalue weighted by Gasteiger charge is -2.08. The number of aromatic nitrogens is 1. The van der Waals surface area contributed by atoms with Crippen LogP contribution in [0.1, 0.15) is 42.1 Å². The second kappa shape index (κ2) is 7.73. The third kappa shape index (κ3) is 3.62. The van der Waals surface area contributed by atoms with Gasteiger partial charge in [0, 0.05) is 22.7 Å². The Morgan fingerprint density at radius 3 is 2.58 bits per heavy atom. The molecule has 3 heteroatoms. The molecule has 0 radical (unpaired) electrons. The number of fused-ring (bicyclic) bond motifs is 1. The first-order chi connectivity index (χ1) is 11.8. The summed E-state index contributed by atoms with van der Waals surface area (Å²) >= 11 is 0. The largest absolute Gasteiger partial charge is 0.494 e. The first-order valence-electron chi connectivity index (χ1n) is 8.41. The number of ketones is 1. The highest BCUT2D eigenvalue weighted by Crippen LogP contribution is 2.21. The Morgan fingerprint density at radius 1 is 1.00 bits per heavy atom. The third-order valence-corrected chi connectivity index (χ3v) is 4.03. The summed E-state index contributed by atoms with van der Waals surface area (Å²) in [6, 6.07) is 16.9. The van der Waals surface area contributed by atoms with Gasteiger partial charge >= 0.3 is 0 Å². The maximum Gasteiger partial charge on any atom is 0.193 e. The maximum absolute atomic E-state index is 12.8. The van der Waals surface area contributed by atoms with Crippen molar-refractivity contribution in [3.05, 3.63) is 71.9 Å². The standard InChI is InChI=1S/C21H21NO2/c1-2-3-6-15-24-17-11-9-16(10-12-17)21(23)19-13-14-22-20-8-5-4-7-18(19)20/h4-5,7-14H,2-3,6,15H2,1H3. The van der Waals surface area contributed by atoms with Crippen molar-refractivity contribution in [2.45, 2.75) is 26.2 Å². The van der Waals surface area contributed by atoms with Crippen molar-refractivity contribution in [3.8, 4) is 5.75 Å². The molecule has 0 amide bonds. The van der Waals surface area contributed by atoms with Crippen LogP contribution in [-0.4, -0.2) is 17.4 Å². The Morgan fingerprint density at radius 2 is 1.79 bits per heavy atom. The summed E-state index contributed by atoms with van der Waals surface area (Å²) in [6.07, 6.45) is 5.09. The molecule has 0 saturated heterocycles. The molecule has 24 heavy (non-hydrogen) atoms. The molecule has 0 N–H and O–H groups in total. The highest BCUT2D eigenvalue weighted by atomic mass is 16.5. The van der Waals surface area contributed by atoms with Crippen LogP contribution in [-0.2, 0) is 0 Å². The monoisotopic (exact) mass is 319 g/mol. The molecule has 0 bridgehead atoms. The van der Waals surface area contributed by atoms with E-state index in [1.54, 1.807) is 12.3 Å². The molecule has 122 valence electrons. The number of para-hydroxylation sites is 1. The normalized spacial score (nSPS) is 10.7. The Balaban J connectivity index is 1.77. The lowest BCUT2D eigenvalue weighted by Crippen LogP contribution is -2.03. The van der Waals surface area contributed by atoms with Crippen molar-refractivity contribution >= 4 is 16.7 Å². The van der Waals surface area contributed by atoms with Crippen LogP contribution in [0.3, 0.4) is 0 Å². The van der Waals surface area contributed by atoms with Crippen LogP contribution in [0.5, 0.6) is 5.75 Å². The molecule has 0 aliphatic carbocycles. The summed E-state index contributed by atoms with van der Waals surface area (Å²) in [5.74, 6) is 0.813. The van der Waals surface area contributed by atoms with Gasteiger partial charge in [-0.2, -0.15) is 0 Å². The molecule has 3 rings (SSSR count). The minimum absolute atomic E-state index is 0.00568. The quantitative estimate of drug-likeness (QED) is 0.452. The maximum atomic E-state index is 12.8. The van der Waals surface area contributed by atoms with E-state index < -0.39 is 0 Å². The van der Waals surface area contributed by atoms with Gasteiger partial charge in [-0.25, -0.2) is 0 Å². The zero-order valence-electron chi connectivity index (χ0n) is 13.9. The van der Waals surface area contributed by atoms with Crippen molar-refractivity contribution in [3.63, 3.8) is 0 Å². The van der Waals surface area contributed by atoms with E-state index in [9.17, 15) is 4.79 Å². The molecule has 1 aromatic heterocycles. The number of hydrogen-bond acceptors (Lipinski definition) is 3. The van der Waals surface area contributed by atoms with E-state index in [1.165, 1.54) is 12.8 Å². The number of carbonyl (C=O) groups excluding carboxylic acids is 1. The first-order valence-corrected chi connectivity index (χ1v) is 8.41. The fourth-order valence-electron chi connectivity index (χ4n) is 2.69. The van der Waals surface area contributed by atoms with Crippen LogP contribution in [0.15, 0.2) is 60.8 Å². The molecule has 0 saturated carbocycles. The van der Waals surface area contributed by atoms with Crippen molar-refractivity contribution in [2.75, 3.05) is 6.61 Å². The fourth-order valence-corrected chi connectivity index (χ4v) is 2.69. The topological polar surface area (TPSA) is 39.2 Å². The van der Waals surface area contributed by atoms with Gasteiger partial charge < -0.3 is 4.74 Å². The minimum atomic E-state index is 0.00568. The molecular weight excluding hydrogens is 298 g/mol. The molecule has 0 unspecified atom stereocenters. The van der Waals surface area contributed by atoms with Crippen molar-refractivity contribution < 1.29 is 9.53 Å². The van der Waals surface area contributed by atoms with E-state index in [4.69, 9.17) is 4.74 Å². The van der Waals surface area contributed by atoms with E-state index in [-0.39, 0.29) is 5.78 Å². The summed E-state index contributed by atoms with van der Waals surface area (Å²) in [5, 5.41) is 0.880. The van der Waals surface area contributed by atoms with Crippen LogP contribution in [0.4, 0.5) is 0 Å². The van der Waals surface area contributed by atoms with Gasteiger partial charge in [0.25, 0.3) is 0 Å². The highest BCUT2D eigenvalue weighted by Gasteiger charge is 2.12. The minimum Gasteiger partial charge on any atom is -0.494 e. The van der Waals surface area contributed by atoms with Gasteiger partial charge in [0.2, 0.25) is 0 Å². The summed E-state index contributed by atoms with van der Waals surface area (Å²) in [7, 11) is 0. The second-order valence-corrected chi connectivity index (χ2v) is 5.78. The molecule has 2 aromatic carbocycles. The lowest BCUT2D eigenvalue weighted by molar-refractivity contribution is 0.104.